The van der Waals surface area contributed by atoms with Gasteiger partial charge >= 0.3 is 0 Å². The number of nitrogens with one attached hydrogen (secondary N) is 2. The van der Waals surface area contributed by atoms with E-state index < -0.39 is 5.92 Å². The van der Waals surface area contributed by atoms with Crippen molar-refractivity contribution in [2.75, 3.05) is 25.5 Å². The van der Waals surface area contributed by atoms with Gasteiger partial charge in [0.25, 0.3) is 5.92 Å². The molecule has 0 bridgehead atoms. The van der Waals surface area contributed by atoms with Gasteiger partial charge in [0.15, 0.2) is 0 Å². The maximum atomic E-state index is 13.7. The van der Waals surface area contributed by atoms with E-state index in [4.69, 9.17) is 4.98 Å². The van der Waals surface area contributed by atoms with Crippen molar-refractivity contribution >= 4 is 16.8 Å². The van der Waals surface area contributed by atoms with Crippen LogP contribution in [0, 0.1) is 6.92 Å². The fourth-order valence-corrected chi connectivity index (χ4v) is 5.08. The molecule has 1 fully saturated rings. The summed E-state index contributed by atoms with van der Waals surface area (Å²) in [6.45, 7) is 10.9. The summed E-state index contributed by atoms with van der Waals surface area (Å²) < 4.78 is 27.3. The number of pyridine rings is 3. The highest BCUT2D eigenvalue weighted by atomic mass is 19.3. The molecule has 1 aliphatic heterocycles. The van der Waals surface area contributed by atoms with E-state index in [1.54, 1.807) is 29.6 Å². The second-order valence-corrected chi connectivity index (χ2v) is 10.00. The molecule has 40 heavy (non-hydrogen) atoms. The van der Waals surface area contributed by atoms with Crippen molar-refractivity contribution in [2.24, 2.45) is 0 Å². The third kappa shape index (κ3) is 5.77. The predicted molar refractivity (Wildman–Crippen MR) is 157 cm³/mol. The van der Waals surface area contributed by atoms with E-state index in [1.807, 2.05) is 56.6 Å². The lowest BCUT2D eigenvalue weighted by Gasteiger charge is -2.16. The number of aromatic amines is 1. The van der Waals surface area contributed by atoms with Crippen molar-refractivity contribution in [1.82, 2.24) is 24.8 Å². The van der Waals surface area contributed by atoms with Gasteiger partial charge in [-0.15, -0.1) is 0 Å². The number of anilines is 1. The maximum absolute atomic E-state index is 13.7. The first-order valence-electron chi connectivity index (χ1n) is 13.1. The predicted octanol–water partition coefficient (Wildman–Crippen LogP) is 6.74. The molecule has 5 heterocycles. The first-order valence-corrected chi connectivity index (χ1v) is 13.1. The van der Waals surface area contributed by atoms with Gasteiger partial charge in [0, 0.05) is 85.0 Å². The average molecular weight is 539 g/mol. The van der Waals surface area contributed by atoms with Crippen LogP contribution in [0.25, 0.3) is 22.4 Å². The number of halogens is 2. The Morgan fingerprint density at radius 1 is 1.18 bits per heavy atom. The molecule has 0 aromatic carbocycles. The van der Waals surface area contributed by atoms with E-state index >= 15 is 0 Å². The molecular formula is C32H32F2N6. The van der Waals surface area contributed by atoms with E-state index in [-0.39, 0.29) is 13.0 Å². The van der Waals surface area contributed by atoms with Crippen LogP contribution in [-0.4, -0.2) is 50.9 Å². The third-order valence-electron chi connectivity index (χ3n) is 7.08. The number of hydrogen-bond acceptors (Lipinski definition) is 5. The molecule has 8 heteroatoms. The van der Waals surface area contributed by atoms with Crippen molar-refractivity contribution < 1.29 is 8.78 Å². The first-order chi connectivity index (χ1) is 19.3. The molecule has 0 atom stereocenters. The van der Waals surface area contributed by atoms with Gasteiger partial charge in [0.1, 0.15) is 0 Å². The zero-order valence-corrected chi connectivity index (χ0v) is 22.7. The molecule has 2 N–H and O–H groups in total. The van der Waals surface area contributed by atoms with Gasteiger partial charge in [0.2, 0.25) is 0 Å². The Morgan fingerprint density at radius 2 is 2.02 bits per heavy atom. The minimum Gasteiger partial charge on any atom is -0.386 e. The van der Waals surface area contributed by atoms with Crippen LogP contribution < -0.4 is 5.32 Å². The van der Waals surface area contributed by atoms with E-state index in [1.165, 1.54) is 0 Å². The second kappa shape index (κ2) is 11.4. The Morgan fingerprint density at radius 3 is 2.73 bits per heavy atom. The van der Waals surface area contributed by atoms with Crippen molar-refractivity contribution in [3.63, 3.8) is 0 Å². The molecule has 5 rings (SSSR count). The quantitative estimate of drug-likeness (QED) is 0.231. The average Bonchev–Trinajstić information content (AvgIpc) is 3.52. The molecule has 204 valence electrons. The summed E-state index contributed by atoms with van der Waals surface area (Å²) in [5.74, 6) is -2.62. The van der Waals surface area contributed by atoms with Crippen LogP contribution in [0.2, 0.25) is 0 Å². The Hall–Kier alpha value is -4.43. The lowest BCUT2D eigenvalue weighted by molar-refractivity contribution is 0.0115. The van der Waals surface area contributed by atoms with Crippen LogP contribution in [-0.2, 0) is 6.54 Å². The van der Waals surface area contributed by atoms with E-state index in [0.29, 0.717) is 18.8 Å². The second-order valence-electron chi connectivity index (χ2n) is 10.00. The Bertz CT molecular complexity index is 1570. The molecular weight excluding hydrogens is 506 g/mol. The van der Waals surface area contributed by atoms with Crippen LogP contribution in [0.4, 0.5) is 14.5 Å². The summed E-state index contributed by atoms with van der Waals surface area (Å²) >= 11 is 0. The smallest absolute Gasteiger partial charge is 0.261 e. The van der Waals surface area contributed by atoms with Gasteiger partial charge in [-0.3, -0.25) is 14.9 Å². The topological polar surface area (TPSA) is 69.7 Å². The highest BCUT2D eigenvalue weighted by Gasteiger charge is 2.37. The van der Waals surface area contributed by atoms with Crippen LogP contribution in [0.1, 0.15) is 40.2 Å². The normalized spacial score (nSPS) is 15.2. The van der Waals surface area contributed by atoms with Gasteiger partial charge in [-0.2, -0.15) is 0 Å². The largest absolute Gasteiger partial charge is 0.386 e. The molecule has 0 radical (unpaired) electrons. The fourth-order valence-electron chi connectivity index (χ4n) is 5.08. The fraction of sp³-hybridized carbons (Fsp3) is 0.219. The number of rotatable bonds is 9. The van der Waals surface area contributed by atoms with Crippen molar-refractivity contribution in [2.45, 2.75) is 25.8 Å². The maximum Gasteiger partial charge on any atom is 0.261 e. The number of aromatic nitrogens is 4. The highest BCUT2D eigenvalue weighted by Crippen LogP contribution is 2.34. The Labute approximate surface area is 233 Å². The highest BCUT2D eigenvalue weighted by molar-refractivity contribution is 5.87. The summed E-state index contributed by atoms with van der Waals surface area (Å²) in [6, 6.07) is 11.9. The van der Waals surface area contributed by atoms with Crippen LogP contribution in [0.5, 0.6) is 0 Å². The van der Waals surface area contributed by atoms with Crippen LogP contribution in [0.3, 0.4) is 0 Å². The van der Waals surface area contributed by atoms with Gasteiger partial charge < -0.3 is 10.3 Å². The summed E-state index contributed by atoms with van der Waals surface area (Å²) in [4.78, 5) is 18.9. The lowest BCUT2D eigenvalue weighted by Crippen LogP contribution is -2.24. The molecule has 0 amide bonds. The first kappa shape index (κ1) is 27.1. The third-order valence-corrected chi connectivity index (χ3v) is 7.08. The van der Waals surface area contributed by atoms with Gasteiger partial charge in [0.05, 0.1) is 23.6 Å². The molecule has 1 saturated heterocycles. The number of nitrogens with zero attached hydrogens (tertiary/aromatic N) is 4. The standard InChI is InChI=1S/C32H32F2N6/c1-5-7-26(24-8-6-12-36-17-24)27-15-30(38-22(27)3)21(2)31-29(35-4)10-9-28(39-31)25-14-23(16-37-18-25)19-40-13-11-32(33,34)20-40/h5-10,12,14-18,35,38H,1-2,11,13,19-20H2,3-4H3/b26-7-. The monoisotopic (exact) mass is 538 g/mol. The number of hydrogen-bond donors (Lipinski definition) is 2. The summed E-state index contributed by atoms with van der Waals surface area (Å²) in [6.07, 6.45) is 10.7. The van der Waals surface area contributed by atoms with Crippen molar-refractivity contribution in [1.29, 1.82) is 0 Å². The molecule has 0 aliphatic carbocycles. The van der Waals surface area contributed by atoms with Crippen molar-refractivity contribution in [3.8, 4) is 11.3 Å². The van der Waals surface area contributed by atoms with Crippen molar-refractivity contribution in [3.05, 3.63) is 120 Å². The zero-order valence-electron chi connectivity index (χ0n) is 22.7. The zero-order chi connectivity index (χ0) is 28.3. The lowest BCUT2D eigenvalue weighted by atomic mass is 9.98. The van der Waals surface area contributed by atoms with Gasteiger partial charge in [-0.25, -0.2) is 13.8 Å². The molecule has 1 aliphatic rings. The minimum absolute atomic E-state index is 0.105. The van der Waals surface area contributed by atoms with Gasteiger partial charge in [-0.1, -0.05) is 31.4 Å². The summed E-state index contributed by atoms with van der Waals surface area (Å²) in [7, 11) is 1.85. The summed E-state index contributed by atoms with van der Waals surface area (Å²) in [5.41, 5.74) is 9.52. The van der Waals surface area contributed by atoms with Crippen LogP contribution >= 0.6 is 0 Å². The molecule has 4 aromatic heterocycles. The molecule has 0 saturated carbocycles. The molecule has 4 aromatic rings. The van der Waals surface area contributed by atoms with E-state index in [2.05, 4.69) is 39.5 Å². The Kier molecular flexibility index (Phi) is 7.71. The number of likely N-dealkylation sites (tertiary alicyclic amines) is 1. The summed E-state index contributed by atoms with van der Waals surface area (Å²) in [5, 5.41) is 3.22. The van der Waals surface area contributed by atoms with E-state index in [9.17, 15) is 8.78 Å². The van der Waals surface area contributed by atoms with Crippen LogP contribution in [0.15, 0.2) is 86.5 Å². The van der Waals surface area contributed by atoms with Gasteiger partial charge in [-0.05, 0) is 48.4 Å². The molecule has 6 nitrogen and oxygen atoms in total. The SMILES string of the molecule is C=C/C=C(/c1cccnc1)c1cc(C(=C)c2nc(-c3cncc(CN4CCC(F)(F)C4)c3)ccc2NC)[nH]c1C. The number of alkyl halides is 2. The minimum atomic E-state index is -2.62. The molecule has 0 unspecified atom stereocenters. The molecule has 0 spiro atoms. The number of aryl methyl sites for hydroxylation is 1. The van der Waals surface area contributed by atoms with E-state index in [0.717, 1.165) is 56.2 Å². The number of H-pyrrole nitrogens is 1. The Balaban J connectivity index is 1.45. The number of allylic oxidation sites excluding steroid dienone is 2.